The van der Waals surface area contributed by atoms with Gasteiger partial charge in [0.2, 0.25) is 0 Å². The molecule has 2 aromatic rings. The van der Waals surface area contributed by atoms with E-state index < -0.39 is 0 Å². The molecule has 145 valence electrons. The first kappa shape index (κ1) is 24.8. The molecule has 0 unspecified atom stereocenters. The topological polar surface area (TPSA) is 20.2 Å². The summed E-state index contributed by atoms with van der Waals surface area (Å²) in [6.45, 7) is 11.0. The molecule has 2 rings (SSSR count). The average molecular weight is 584 g/mol. The second kappa shape index (κ2) is 11.7. The van der Waals surface area contributed by atoms with Gasteiger partial charge in [0.25, 0.3) is 0 Å². The van der Waals surface area contributed by atoms with Gasteiger partial charge in [-0.15, -0.1) is 0 Å². The van der Waals surface area contributed by atoms with Crippen LogP contribution >= 0.6 is 0 Å². The quantitative estimate of drug-likeness (QED) is 0.333. The summed E-state index contributed by atoms with van der Waals surface area (Å²) in [6, 6.07) is 9.03. The first-order valence-electron chi connectivity index (χ1n) is 9.95. The summed E-state index contributed by atoms with van der Waals surface area (Å²) in [5.74, 6) is 0.519. The molecule has 2 aromatic carbocycles. The molecule has 0 spiro atoms. The smallest absolute Gasteiger partial charge is 0.123 e. The zero-order valence-electron chi connectivity index (χ0n) is 17.5. The monoisotopic (exact) mass is 583 g/mol. The number of benzene rings is 2. The second-order valence-corrected chi connectivity index (χ2v) is 7.82. The molecule has 0 aliphatic heterocycles. The molecular formula is C24H33AcFO. The minimum absolute atomic E-state index is 0. The fraction of sp³-hybridized carbons (Fsp3) is 0.500. The average Bonchev–Trinajstić information content (AvgIpc) is 2.61. The Labute approximate surface area is 200 Å². The van der Waals surface area contributed by atoms with Gasteiger partial charge in [0.1, 0.15) is 5.82 Å². The summed E-state index contributed by atoms with van der Waals surface area (Å²) in [4.78, 5) is 0. The molecular weight excluding hydrogens is 550 g/mol. The van der Waals surface area contributed by atoms with Crippen molar-refractivity contribution in [2.24, 2.45) is 0 Å². The molecule has 0 saturated heterocycles. The minimum atomic E-state index is -0.226. The van der Waals surface area contributed by atoms with Crippen molar-refractivity contribution in [2.75, 3.05) is 0 Å². The molecule has 0 amide bonds. The van der Waals surface area contributed by atoms with E-state index in [4.69, 9.17) is 0 Å². The molecule has 27 heavy (non-hydrogen) atoms. The summed E-state index contributed by atoms with van der Waals surface area (Å²) in [6.07, 6.45) is 4.51. The fourth-order valence-corrected chi connectivity index (χ4v) is 3.80. The van der Waals surface area contributed by atoms with Crippen molar-refractivity contribution < 1.29 is 53.6 Å². The molecule has 1 N–H and O–H groups in total. The van der Waals surface area contributed by atoms with Crippen LogP contribution in [0.2, 0.25) is 0 Å². The van der Waals surface area contributed by atoms with Crippen LogP contribution in [0.15, 0.2) is 30.3 Å². The van der Waals surface area contributed by atoms with E-state index in [-0.39, 0.29) is 56.5 Å². The van der Waals surface area contributed by atoms with Gasteiger partial charge in [0.15, 0.2) is 0 Å². The zero-order chi connectivity index (χ0) is 19.3. The van der Waals surface area contributed by atoms with Crippen molar-refractivity contribution in [1.29, 1.82) is 0 Å². The van der Waals surface area contributed by atoms with Gasteiger partial charge in [-0.2, -0.15) is 0 Å². The van der Waals surface area contributed by atoms with Gasteiger partial charge >= 0.3 is 0 Å². The molecule has 0 saturated carbocycles. The molecule has 0 fully saturated rings. The van der Waals surface area contributed by atoms with Gasteiger partial charge < -0.3 is 5.11 Å². The SMILES string of the molecule is CCCCCc1c(C(C)C)cc(C(C)C)c(CO)c1-c1ccc(F)cc1.[Ac]. The largest absolute Gasteiger partial charge is 0.392 e. The molecule has 0 aromatic heterocycles. The number of aliphatic hydroxyl groups is 1. The maximum atomic E-state index is 13.5. The number of hydrogen-bond donors (Lipinski definition) is 1. The van der Waals surface area contributed by atoms with E-state index in [1.54, 1.807) is 0 Å². The van der Waals surface area contributed by atoms with Gasteiger partial charge in [-0.3, -0.25) is 0 Å². The molecule has 0 heterocycles. The van der Waals surface area contributed by atoms with E-state index in [1.165, 1.54) is 41.7 Å². The number of rotatable bonds is 8. The number of halogens is 1. The van der Waals surface area contributed by atoms with Crippen LogP contribution in [0, 0.1) is 49.9 Å². The van der Waals surface area contributed by atoms with Gasteiger partial charge in [-0.05, 0) is 70.2 Å². The number of hydrogen-bond acceptors (Lipinski definition) is 1. The Balaban J connectivity index is 0.00000364. The van der Waals surface area contributed by atoms with Crippen LogP contribution in [0.5, 0.6) is 0 Å². The standard InChI is InChI=1S/C24H33FO.Ac/c1-6-7-8-9-20-21(16(2)3)14-22(17(4)5)23(15-26)24(20)18-10-12-19(25)13-11-18;/h10-14,16-17,26H,6-9,15H2,1-5H3;. The van der Waals surface area contributed by atoms with Gasteiger partial charge in [0.05, 0.1) is 6.61 Å². The summed E-state index contributed by atoms with van der Waals surface area (Å²) in [5, 5.41) is 10.2. The summed E-state index contributed by atoms with van der Waals surface area (Å²) >= 11 is 0. The Morgan fingerprint density at radius 3 is 1.93 bits per heavy atom. The minimum Gasteiger partial charge on any atom is -0.392 e. The van der Waals surface area contributed by atoms with Crippen molar-refractivity contribution in [3.05, 3.63) is 58.4 Å². The van der Waals surface area contributed by atoms with E-state index in [0.29, 0.717) is 11.8 Å². The van der Waals surface area contributed by atoms with E-state index in [9.17, 15) is 9.50 Å². The molecule has 3 heteroatoms. The molecule has 1 radical (unpaired) electrons. The maximum absolute atomic E-state index is 13.5. The van der Waals surface area contributed by atoms with Crippen molar-refractivity contribution in [1.82, 2.24) is 0 Å². The van der Waals surface area contributed by atoms with Crippen LogP contribution in [-0.2, 0) is 13.0 Å². The predicted molar refractivity (Wildman–Crippen MR) is 109 cm³/mol. The first-order chi connectivity index (χ1) is 12.4. The second-order valence-electron chi connectivity index (χ2n) is 7.82. The third kappa shape index (κ3) is 6.12. The molecule has 1 nitrogen and oxygen atoms in total. The van der Waals surface area contributed by atoms with Crippen molar-refractivity contribution in [3.63, 3.8) is 0 Å². The predicted octanol–water partition coefficient (Wildman–Crippen LogP) is 6.96. The van der Waals surface area contributed by atoms with Crippen LogP contribution in [0.3, 0.4) is 0 Å². The first-order valence-corrected chi connectivity index (χ1v) is 9.95. The van der Waals surface area contributed by atoms with E-state index >= 15 is 0 Å². The Bertz CT molecular complexity index is 720. The third-order valence-corrected chi connectivity index (χ3v) is 5.18. The van der Waals surface area contributed by atoms with E-state index in [2.05, 4.69) is 40.7 Å². The number of unbranched alkanes of at least 4 members (excludes halogenated alkanes) is 2. The maximum Gasteiger partial charge on any atom is 0.123 e. The normalized spacial score (nSPS) is 11.1. The van der Waals surface area contributed by atoms with Crippen LogP contribution in [-0.4, -0.2) is 5.11 Å². The zero-order valence-corrected chi connectivity index (χ0v) is 22.2. The molecule has 0 aliphatic carbocycles. The van der Waals surface area contributed by atoms with Crippen molar-refractivity contribution in [3.8, 4) is 11.1 Å². The Kier molecular flexibility index (Phi) is 10.7. The van der Waals surface area contributed by atoms with Crippen molar-refractivity contribution >= 4 is 0 Å². The summed E-state index contributed by atoms with van der Waals surface area (Å²) < 4.78 is 13.5. The molecule has 0 atom stereocenters. The van der Waals surface area contributed by atoms with E-state index in [1.807, 2.05) is 12.1 Å². The van der Waals surface area contributed by atoms with Crippen LogP contribution in [0.4, 0.5) is 4.39 Å². The Morgan fingerprint density at radius 2 is 1.44 bits per heavy atom. The van der Waals surface area contributed by atoms with Gasteiger partial charge in [-0.1, -0.05) is 65.7 Å². The molecule has 0 bridgehead atoms. The third-order valence-electron chi connectivity index (χ3n) is 5.18. The Morgan fingerprint density at radius 1 is 0.889 bits per heavy atom. The molecule has 0 aliphatic rings. The van der Waals surface area contributed by atoms with Crippen LogP contribution in [0.1, 0.15) is 88.0 Å². The number of aliphatic hydroxyl groups excluding tert-OH is 1. The summed E-state index contributed by atoms with van der Waals surface area (Å²) in [5.41, 5.74) is 7.02. The fourth-order valence-electron chi connectivity index (χ4n) is 3.80. The van der Waals surface area contributed by atoms with E-state index in [0.717, 1.165) is 29.5 Å². The summed E-state index contributed by atoms with van der Waals surface area (Å²) in [7, 11) is 0. The van der Waals surface area contributed by atoms with Gasteiger partial charge in [-0.25, -0.2) is 4.39 Å². The van der Waals surface area contributed by atoms with Crippen LogP contribution in [0.25, 0.3) is 11.1 Å². The van der Waals surface area contributed by atoms with Gasteiger partial charge in [0, 0.05) is 44.1 Å². The van der Waals surface area contributed by atoms with Crippen LogP contribution < -0.4 is 0 Å². The van der Waals surface area contributed by atoms with Crippen molar-refractivity contribution in [2.45, 2.75) is 78.7 Å². The Hall–Kier alpha value is -0.228.